The summed E-state index contributed by atoms with van der Waals surface area (Å²) < 4.78 is 5.56. The van der Waals surface area contributed by atoms with Crippen LogP contribution in [-0.4, -0.2) is 38.3 Å². The molecule has 47 heavy (non-hydrogen) atoms. The fourth-order valence-electron chi connectivity index (χ4n) is 3.77. The first-order valence-corrected chi connectivity index (χ1v) is 12.7. The van der Waals surface area contributed by atoms with Crippen molar-refractivity contribution in [3.63, 3.8) is 0 Å². The zero-order valence-corrected chi connectivity index (χ0v) is 28.6. The largest absolute Gasteiger partial charge is 4.00 e. The number of anilines is 1. The monoisotopic (exact) mass is 774 g/mol. The second-order valence-corrected chi connectivity index (χ2v) is 8.66. The average molecular weight is 774 g/mol. The van der Waals surface area contributed by atoms with Gasteiger partial charge in [-0.15, -0.1) is 0 Å². The predicted molar refractivity (Wildman–Crippen MR) is 181 cm³/mol. The van der Waals surface area contributed by atoms with Gasteiger partial charge in [0.05, 0.1) is 37.3 Å². The van der Waals surface area contributed by atoms with Crippen LogP contribution in [0.1, 0.15) is 39.8 Å². The number of Topliss-reactive ketones (excluding diaryl/α,β-unsaturated/α-hetero) is 1. The Kier molecular flexibility index (Phi) is 28.2. The van der Waals surface area contributed by atoms with E-state index < -0.39 is 0 Å². The van der Waals surface area contributed by atoms with E-state index in [0.717, 1.165) is 28.2 Å². The summed E-state index contributed by atoms with van der Waals surface area (Å²) in [6.07, 6.45) is 10.5. The summed E-state index contributed by atoms with van der Waals surface area (Å²) >= 11 is 0. The molecule has 1 aromatic carbocycles. The Labute approximate surface area is 300 Å². The van der Waals surface area contributed by atoms with Crippen LogP contribution in [0.15, 0.2) is 116 Å². The fourth-order valence-corrected chi connectivity index (χ4v) is 3.77. The number of ketones is 1. The number of aromatic nitrogens is 4. The van der Waals surface area contributed by atoms with E-state index in [1.54, 1.807) is 57.3 Å². The van der Waals surface area contributed by atoms with Crippen molar-refractivity contribution in [3.8, 4) is 17.6 Å². The van der Waals surface area contributed by atoms with Gasteiger partial charge in [0.1, 0.15) is 5.75 Å². The number of ether oxygens (including phenoxy) is 1. The van der Waals surface area contributed by atoms with Crippen molar-refractivity contribution >= 4 is 11.5 Å². The number of hydrogen-bond donors (Lipinski definition) is 0. The Balaban J connectivity index is -0.000000384. The zero-order chi connectivity index (χ0) is 28.0. The summed E-state index contributed by atoms with van der Waals surface area (Å²) in [6.45, 7) is 2.76. The maximum atomic E-state index is 11.7. The molecule has 0 aliphatic carbocycles. The van der Waals surface area contributed by atoms with Crippen LogP contribution in [0.25, 0.3) is 24.6 Å². The molecular formula is C33H39CuN9O3Ru+. The van der Waals surface area contributed by atoms with Crippen molar-refractivity contribution in [1.82, 2.24) is 19.9 Å². The van der Waals surface area contributed by atoms with E-state index in [4.69, 9.17) is 4.74 Å². The number of nitrogens with two attached hydrogens (primary N) is 4. The van der Waals surface area contributed by atoms with Gasteiger partial charge in [-0.05, 0) is 73.7 Å². The summed E-state index contributed by atoms with van der Waals surface area (Å²) in [4.78, 5) is 30.5. The molecule has 0 radical (unpaired) electrons. The summed E-state index contributed by atoms with van der Waals surface area (Å²) in [5.41, 5.74) is 5.35. The Morgan fingerprint density at radius 1 is 0.702 bits per heavy atom. The number of carbonyl (C=O) groups is 1. The smallest absolute Gasteiger partial charge is 0.693 e. The molecular weight excluding hydrogens is 735 g/mol. The van der Waals surface area contributed by atoms with Crippen LogP contribution < -0.4 is 9.64 Å². The van der Waals surface area contributed by atoms with Crippen molar-refractivity contribution in [2.45, 2.75) is 20.0 Å². The minimum atomic E-state index is 0. The molecule has 0 bridgehead atoms. The van der Waals surface area contributed by atoms with Gasteiger partial charge in [-0.25, -0.2) is 0 Å². The van der Waals surface area contributed by atoms with Crippen molar-refractivity contribution < 1.29 is 51.6 Å². The van der Waals surface area contributed by atoms with E-state index in [9.17, 15) is 4.79 Å². The van der Waals surface area contributed by atoms with Crippen LogP contribution >= 0.6 is 0 Å². The van der Waals surface area contributed by atoms with Gasteiger partial charge in [0.2, 0.25) is 0 Å². The Morgan fingerprint density at radius 3 is 1.51 bits per heavy atom. The fraction of sp³-hybridized carbons (Fsp3) is 0.121. The molecule has 0 aliphatic heterocycles. The molecule has 0 saturated heterocycles. The number of carbonyl (C=O) groups excluding carboxylic acids is 1. The van der Waals surface area contributed by atoms with Gasteiger partial charge in [-0.3, -0.25) is 24.7 Å². The summed E-state index contributed by atoms with van der Waals surface area (Å²) in [5.74, 6) is 6.75. The van der Waals surface area contributed by atoms with Crippen LogP contribution in [0.3, 0.4) is 0 Å². The van der Waals surface area contributed by atoms with E-state index in [1.807, 2.05) is 72.8 Å². The molecule has 0 unspecified atom stereocenters. The minimum absolute atomic E-state index is 0. The molecule has 10 N–H and O–H groups in total. The molecule has 12 nitrogen and oxygen atoms in total. The number of rotatable bonds is 7. The molecule has 0 saturated carbocycles. The van der Waals surface area contributed by atoms with Gasteiger partial charge in [-0.2, -0.15) is 0 Å². The zero-order valence-electron chi connectivity index (χ0n) is 25.9. The van der Waals surface area contributed by atoms with E-state index in [1.165, 1.54) is 0 Å². The Hall–Kier alpha value is -4.41. The SMILES string of the molecule is C(#Cc1ccncc1)c1ccncc1.COc1cc(C(C)=O)ccc1N(Cc1ccccn1)Cc1ccccn1.O.[Cu+].[NH2-].[NH2-].[NH2-].[NH2-].[Ru+4]. The number of pyridine rings is 4. The molecule has 0 atom stereocenters. The quantitative estimate of drug-likeness (QED) is 0.0900. The number of methoxy groups -OCH3 is 1. The summed E-state index contributed by atoms with van der Waals surface area (Å²) in [6, 6.07) is 24.8. The van der Waals surface area contributed by atoms with Crippen molar-refractivity contribution in [1.29, 1.82) is 0 Å². The van der Waals surface area contributed by atoms with Crippen molar-refractivity contribution in [2.75, 3.05) is 12.0 Å². The van der Waals surface area contributed by atoms with Gasteiger partial charge in [-0.1, -0.05) is 24.0 Å². The molecule has 14 heteroatoms. The Bertz CT molecular complexity index is 1500. The van der Waals surface area contributed by atoms with Gasteiger partial charge in [0, 0.05) is 53.9 Å². The Morgan fingerprint density at radius 2 is 1.15 bits per heavy atom. The molecule has 0 amide bonds. The number of benzene rings is 1. The second-order valence-electron chi connectivity index (χ2n) is 8.66. The minimum Gasteiger partial charge on any atom is -0.693 e. The van der Waals surface area contributed by atoms with Crippen LogP contribution in [-0.2, 0) is 49.6 Å². The first-order chi connectivity index (χ1) is 19.6. The second kappa shape index (κ2) is 26.8. The third-order valence-corrected chi connectivity index (χ3v) is 5.80. The topological polar surface area (TPSA) is 247 Å². The molecule has 0 aliphatic rings. The molecule has 0 fully saturated rings. The summed E-state index contributed by atoms with van der Waals surface area (Å²) in [5, 5.41) is 0. The molecule has 0 spiro atoms. The van der Waals surface area contributed by atoms with Crippen LogP contribution in [0.2, 0.25) is 0 Å². The van der Waals surface area contributed by atoms with Crippen LogP contribution in [0, 0.1) is 11.8 Å². The van der Waals surface area contributed by atoms with E-state index in [2.05, 4.69) is 36.7 Å². The molecule has 4 heterocycles. The van der Waals surface area contributed by atoms with E-state index in [0.29, 0.717) is 24.4 Å². The maximum absolute atomic E-state index is 11.7. The van der Waals surface area contributed by atoms with Crippen LogP contribution in [0.4, 0.5) is 5.69 Å². The molecule has 5 rings (SSSR count). The standard InChI is InChI=1S/C21H21N3O2.C12H8N2.Cu.4H2N.H2O.Ru/c1-16(25)17-9-10-20(21(13-17)26-2)24(14-18-7-3-5-11-22-18)15-19-8-4-6-12-23-19;1(11-3-7-13-8-4-11)2-12-5-9-14-10-6-12;;;;;;;/h3-13H,14-15H2,1-2H3;3-10H;;5*1H2;/q;;+1;4*-1;;+4. The maximum Gasteiger partial charge on any atom is 4.00 e. The first kappa shape index (κ1) is 49.5. The van der Waals surface area contributed by atoms with E-state index in [-0.39, 0.29) is 72.4 Å². The average Bonchev–Trinajstić information content (AvgIpc) is 3.02. The van der Waals surface area contributed by atoms with Crippen molar-refractivity contribution in [3.05, 3.63) is 169 Å². The third-order valence-electron chi connectivity index (χ3n) is 5.80. The third kappa shape index (κ3) is 16.1. The molecule has 4 aromatic heterocycles. The number of hydrogen-bond acceptors (Lipinski definition) is 7. The van der Waals surface area contributed by atoms with Crippen LogP contribution in [0.5, 0.6) is 5.75 Å². The normalized spacial score (nSPS) is 8.38. The van der Waals surface area contributed by atoms with Gasteiger partial charge < -0.3 is 39.7 Å². The van der Waals surface area contributed by atoms with Gasteiger partial charge >= 0.3 is 36.5 Å². The summed E-state index contributed by atoms with van der Waals surface area (Å²) in [7, 11) is 1.61. The predicted octanol–water partition coefficient (Wildman–Crippen LogP) is 7.81. The van der Waals surface area contributed by atoms with Gasteiger partial charge in [0.15, 0.2) is 5.78 Å². The van der Waals surface area contributed by atoms with Crippen molar-refractivity contribution in [2.24, 2.45) is 0 Å². The first-order valence-electron chi connectivity index (χ1n) is 12.7. The molecule has 252 valence electrons. The number of nitrogens with zero attached hydrogens (tertiary/aromatic N) is 5. The molecule has 5 aromatic rings. The van der Waals surface area contributed by atoms with Gasteiger partial charge in [0.25, 0.3) is 0 Å². The van der Waals surface area contributed by atoms with E-state index >= 15 is 0 Å².